The summed E-state index contributed by atoms with van der Waals surface area (Å²) in [5, 5.41) is 2.93. The van der Waals surface area contributed by atoms with Gasteiger partial charge in [-0.15, -0.1) is 0 Å². The van der Waals surface area contributed by atoms with Gasteiger partial charge in [-0.05, 0) is 29.3 Å². The number of likely N-dealkylation sites (tertiary alicyclic amines) is 1. The Morgan fingerprint density at radius 1 is 1.33 bits per heavy atom. The van der Waals surface area contributed by atoms with Crippen LogP contribution in [0.1, 0.15) is 23.6 Å². The minimum absolute atomic E-state index is 0.0454. The molecule has 1 fully saturated rings. The third-order valence-electron chi connectivity index (χ3n) is 4.23. The van der Waals surface area contributed by atoms with Crippen LogP contribution in [-0.4, -0.2) is 34.8 Å². The van der Waals surface area contributed by atoms with E-state index < -0.39 is 0 Å². The van der Waals surface area contributed by atoms with Crippen LogP contribution in [0.15, 0.2) is 48.8 Å². The summed E-state index contributed by atoms with van der Waals surface area (Å²) in [6, 6.07) is 8.99. The maximum absolute atomic E-state index is 13.1. The molecule has 0 bridgehead atoms. The van der Waals surface area contributed by atoms with Crippen LogP contribution < -0.4 is 5.32 Å². The van der Waals surface area contributed by atoms with Crippen LogP contribution in [0.5, 0.6) is 0 Å². The first-order valence-electron chi connectivity index (χ1n) is 7.74. The van der Waals surface area contributed by atoms with Crippen molar-refractivity contribution in [1.82, 2.24) is 15.2 Å². The van der Waals surface area contributed by atoms with Crippen LogP contribution >= 0.6 is 0 Å². The average Bonchev–Trinajstić information content (AvgIpc) is 2.83. The molecule has 0 aliphatic carbocycles. The molecule has 0 spiro atoms. The number of carbonyl (C=O) groups excluding carboxylic acids is 2. The molecular weight excluding hydrogens is 309 g/mol. The summed E-state index contributed by atoms with van der Waals surface area (Å²) in [5.74, 6) is -0.540. The zero-order valence-corrected chi connectivity index (χ0v) is 13.3. The van der Waals surface area contributed by atoms with E-state index in [2.05, 4.69) is 10.3 Å². The van der Waals surface area contributed by atoms with Gasteiger partial charge in [0.25, 0.3) is 0 Å². The van der Waals surface area contributed by atoms with Crippen LogP contribution in [0.25, 0.3) is 0 Å². The van der Waals surface area contributed by atoms with Gasteiger partial charge in [0.2, 0.25) is 11.8 Å². The molecule has 1 aromatic carbocycles. The number of halogens is 1. The highest BCUT2D eigenvalue weighted by atomic mass is 19.1. The Kier molecular flexibility index (Phi) is 4.55. The smallest absolute Gasteiger partial charge is 0.225 e. The van der Waals surface area contributed by atoms with Crippen molar-refractivity contribution in [2.45, 2.75) is 24.9 Å². The fraction of sp³-hybridized carbons (Fsp3) is 0.278. The number of hydrogen-bond donors (Lipinski definition) is 1. The summed E-state index contributed by atoms with van der Waals surface area (Å²) in [6.07, 6.45) is 3.73. The van der Waals surface area contributed by atoms with Gasteiger partial charge in [-0.1, -0.05) is 18.2 Å². The van der Waals surface area contributed by atoms with Gasteiger partial charge < -0.3 is 10.2 Å². The number of hydrogen-bond acceptors (Lipinski definition) is 3. The summed E-state index contributed by atoms with van der Waals surface area (Å²) in [4.78, 5) is 29.9. The maximum Gasteiger partial charge on any atom is 0.225 e. The van der Waals surface area contributed by atoms with Crippen molar-refractivity contribution in [3.8, 4) is 0 Å². The zero-order valence-electron chi connectivity index (χ0n) is 13.3. The van der Waals surface area contributed by atoms with Crippen molar-refractivity contribution in [3.63, 3.8) is 0 Å². The number of benzene rings is 1. The maximum atomic E-state index is 13.1. The number of nitrogens with zero attached hydrogens (tertiary/aromatic N) is 2. The van der Waals surface area contributed by atoms with Gasteiger partial charge in [0, 0.05) is 25.9 Å². The first-order valence-corrected chi connectivity index (χ1v) is 7.74. The highest BCUT2D eigenvalue weighted by molar-refractivity contribution is 5.83. The molecule has 2 atom stereocenters. The van der Waals surface area contributed by atoms with Crippen molar-refractivity contribution in [1.29, 1.82) is 0 Å². The third-order valence-corrected chi connectivity index (χ3v) is 4.23. The highest BCUT2D eigenvalue weighted by Crippen LogP contribution is 2.32. The molecule has 5 nitrogen and oxygen atoms in total. The Balaban J connectivity index is 1.74. The second kappa shape index (κ2) is 6.78. The second-order valence-electron chi connectivity index (χ2n) is 5.92. The van der Waals surface area contributed by atoms with Gasteiger partial charge in [-0.2, -0.15) is 0 Å². The minimum atomic E-state index is -0.336. The lowest BCUT2D eigenvalue weighted by Crippen LogP contribution is -2.39. The molecule has 1 aromatic heterocycles. The number of likely N-dealkylation sites (N-methyl/N-ethyl adjacent to an activating group) is 1. The standard InChI is InChI=1S/C18H18FN3O2/c1-22-17(24)10-15(18(22)13-4-6-14(19)7-5-13)21-16(23)9-12-3-2-8-20-11-12/h2-8,11,15,18H,9-10H2,1H3,(H,21,23)/t15-,18+/m0/s1. The lowest BCUT2D eigenvalue weighted by atomic mass is 10.00. The number of carbonyl (C=O) groups is 2. The first-order chi connectivity index (χ1) is 11.5. The molecule has 2 amide bonds. The number of pyridine rings is 1. The van der Waals surface area contributed by atoms with Gasteiger partial charge in [0.1, 0.15) is 5.82 Å². The lowest BCUT2D eigenvalue weighted by Gasteiger charge is -2.26. The monoisotopic (exact) mass is 327 g/mol. The summed E-state index contributed by atoms with van der Waals surface area (Å²) >= 11 is 0. The summed E-state index contributed by atoms with van der Waals surface area (Å²) in [7, 11) is 1.70. The molecule has 0 radical (unpaired) electrons. The Hall–Kier alpha value is -2.76. The Bertz CT molecular complexity index is 734. The van der Waals surface area contributed by atoms with Crippen molar-refractivity contribution in [2.75, 3.05) is 7.05 Å². The van der Waals surface area contributed by atoms with Crippen LogP contribution in [0.2, 0.25) is 0 Å². The second-order valence-corrected chi connectivity index (χ2v) is 5.92. The molecule has 1 saturated heterocycles. The molecule has 124 valence electrons. The predicted molar refractivity (Wildman–Crippen MR) is 86.4 cm³/mol. The Labute approximate surface area is 139 Å². The van der Waals surface area contributed by atoms with Gasteiger partial charge in [-0.3, -0.25) is 14.6 Å². The summed E-state index contributed by atoms with van der Waals surface area (Å²) in [6.45, 7) is 0. The van der Waals surface area contributed by atoms with E-state index in [0.29, 0.717) is 0 Å². The quantitative estimate of drug-likeness (QED) is 0.932. The number of amides is 2. The Morgan fingerprint density at radius 2 is 2.08 bits per heavy atom. The van der Waals surface area contributed by atoms with Crippen LogP contribution in [-0.2, 0) is 16.0 Å². The van der Waals surface area contributed by atoms with Crippen molar-refractivity contribution < 1.29 is 14.0 Å². The molecule has 1 aliphatic rings. The highest BCUT2D eigenvalue weighted by Gasteiger charge is 2.39. The lowest BCUT2D eigenvalue weighted by molar-refractivity contribution is -0.127. The summed E-state index contributed by atoms with van der Waals surface area (Å²) < 4.78 is 13.1. The van der Waals surface area contributed by atoms with Crippen LogP contribution in [0.3, 0.4) is 0 Å². The number of nitrogens with one attached hydrogen (secondary N) is 1. The first kappa shape index (κ1) is 16.1. The third kappa shape index (κ3) is 3.42. The molecule has 24 heavy (non-hydrogen) atoms. The van der Waals surface area contributed by atoms with Crippen molar-refractivity contribution >= 4 is 11.8 Å². The van der Waals surface area contributed by atoms with E-state index in [9.17, 15) is 14.0 Å². The van der Waals surface area contributed by atoms with E-state index in [1.165, 1.54) is 12.1 Å². The van der Waals surface area contributed by atoms with Gasteiger partial charge in [0.05, 0.1) is 18.5 Å². The van der Waals surface area contributed by atoms with E-state index in [-0.39, 0.29) is 42.6 Å². The molecule has 1 N–H and O–H groups in total. The van der Waals surface area contributed by atoms with E-state index in [4.69, 9.17) is 0 Å². The van der Waals surface area contributed by atoms with E-state index in [1.807, 2.05) is 6.07 Å². The molecule has 0 unspecified atom stereocenters. The van der Waals surface area contributed by atoms with Crippen molar-refractivity contribution in [2.24, 2.45) is 0 Å². The van der Waals surface area contributed by atoms with Gasteiger partial charge >= 0.3 is 0 Å². The van der Waals surface area contributed by atoms with Crippen LogP contribution in [0.4, 0.5) is 4.39 Å². The zero-order chi connectivity index (χ0) is 17.1. The fourth-order valence-electron chi connectivity index (χ4n) is 3.06. The molecule has 6 heteroatoms. The molecule has 2 aromatic rings. The van der Waals surface area contributed by atoms with Crippen molar-refractivity contribution in [3.05, 3.63) is 65.7 Å². The normalized spacial score (nSPS) is 20.2. The number of rotatable bonds is 4. The van der Waals surface area contributed by atoms with E-state index in [1.54, 1.807) is 42.5 Å². The molecule has 1 aliphatic heterocycles. The molecule has 0 saturated carbocycles. The van der Waals surface area contributed by atoms with Gasteiger partial charge in [0.15, 0.2) is 0 Å². The largest absolute Gasteiger partial charge is 0.350 e. The SMILES string of the molecule is CN1C(=O)C[C@H](NC(=O)Cc2cccnc2)[C@H]1c1ccc(F)cc1. The number of aromatic nitrogens is 1. The van der Waals surface area contributed by atoms with E-state index in [0.717, 1.165) is 11.1 Å². The van der Waals surface area contributed by atoms with E-state index >= 15 is 0 Å². The minimum Gasteiger partial charge on any atom is -0.350 e. The molecule has 2 heterocycles. The Morgan fingerprint density at radius 3 is 2.75 bits per heavy atom. The topological polar surface area (TPSA) is 62.3 Å². The predicted octanol–water partition coefficient (Wildman–Crippen LogP) is 1.85. The molecular formula is C18H18FN3O2. The van der Waals surface area contributed by atoms with Gasteiger partial charge in [-0.25, -0.2) is 4.39 Å². The average molecular weight is 327 g/mol. The fourth-order valence-corrected chi connectivity index (χ4v) is 3.06. The van der Waals surface area contributed by atoms with Crippen LogP contribution in [0, 0.1) is 5.82 Å². The molecule has 3 rings (SSSR count). The summed E-state index contributed by atoms with van der Waals surface area (Å²) in [5.41, 5.74) is 1.61.